The summed E-state index contributed by atoms with van der Waals surface area (Å²) in [6.07, 6.45) is 3.50. The minimum absolute atomic E-state index is 0.280. The van der Waals surface area contributed by atoms with Crippen LogP contribution in [0.4, 0.5) is 0 Å². The number of aryl methyl sites for hydroxylation is 1. The largest absolute Gasteiger partial charge is 0.382 e. The molecule has 0 aliphatic heterocycles. The highest BCUT2D eigenvalue weighted by Gasteiger charge is 2.15. The van der Waals surface area contributed by atoms with Gasteiger partial charge in [0.1, 0.15) is 6.33 Å². The van der Waals surface area contributed by atoms with Gasteiger partial charge in [-0.05, 0) is 6.42 Å². The normalized spacial score (nSPS) is 10.8. The summed E-state index contributed by atoms with van der Waals surface area (Å²) in [6, 6.07) is 0. The van der Waals surface area contributed by atoms with Gasteiger partial charge in [0.2, 0.25) is 0 Å². The van der Waals surface area contributed by atoms with Gasteiger partial charge in [-0.25, -0.2) is 15.0 Å². The van der Waals surface area contributed by atoms with Crippen molar-refractivity contribution in [3.63, 3.8) is 0 Å². The van der Waals surface area contributed by atoms with E-state index in [4.69, 9.17) is 9.57 Å². The van der Waals surface area contributed by atoms with Crippen molar-refractivity contribution in [2.75, 3.05) is 20.3 Å². The fourth-order valence-corrected chi connectivity index (χ4v) is 1.65. The molecule has 0 atom stereocenters. The van der Waals surface area contributed by atoms with Gasteiger partial charge in [0.15, 0.2) is 0 Å². The Labute approximate surface area is 109 Å². The first-order valence-electron chi connectivity index (χ1n) is 5.86. The van der Waals surface area contributed by atoms with Crippen LogP contribution >= 0.6 is 0 Å². The maximum atomic E-state index is 12.0. The van der Waals surface area contributed by atoms with Crippen molar-refractivity contribution in [3.8, 4) is 0 Å². The number of nitrogens with zero attached hydrogens (tertiary/aromatic N) is 4. The van der Waals surface area contributed by atoms with E-state index >= 15 is 0 Å². The first kappa shape index (κ1) is 13.4. The molecule has 0 unspecified atom stereocenters. The maximum absolute atomic E-state index is 12.0. The van der Waals surface area contributed by atoms with Crippen LogP contribution in [0, 0.1) is 0 Å². The standard InChI is InChI=1S/C11H15N5O3/c1-3-9-8(10(17)15-19-5-4-18-2)6-12-11-13-7-14-16(9)11/h6-7H,3-5H2,1-2H3,(H,15,17). The number of hydroxylamine groups is 1. The van der Waals surface area contributed by atoms with E-state index < -0.39 is 0 Å². The summed E-state index contributed by atoms with van der Waals surface area (Å²) in [5.74, 6) is 0.103. The van der Waals surface area contributed by atoms with Crippen LogP contribution in [0.1, 0.15) is 23.0 Å². The van der Waals surface area contributed by atoms with Gasteiger partial charge < -0.3 is 4.74 Å². The molecule has 2 rings (SSSR count). The molecule has 19 heavy (non-hydrogen) atoms. The Morgan fingerprint density at radius 2 is 2.26 bits per heavy atom. The molecule has 2 aromatic rings. The number of amides is 1. The van der Waals surface area contributed by atoms with Crippen LogP contribution in [-0.4, -0.2) is 45.8 Å². The van der Waals surface area contributed by atoms with Crippen LogP contribution in [0.3, 0.4) is 0 Å². The van der Waals surface area contributed by atoms with E-state index in [0.717, 1.165) is 5.69 Å². The summed E-state index contributed by atoms with van der Waals surface area (Å²) in [4.78, 5) is 25.0. The number of carbonyl (C=O) groups excluding carboxylic acids is 1. The highest BCUT2D eigenvalue weighted by atomic mass is 16.7. The summed E-state index contributed by atoms with van der Waals surface area (Å²) in [5, 5.41) is 4.04. The second-order valence-corrected chi connectivity index (χ2v) is 3.72. The summed E-state index contributed by atoms with van der Waals surface area (Å²) in [6.45, 7) is 2.61. The Balaban J connectivity index is 2.16. The molecule has 0 bridgehead atoms. The molecule has 2 aromatic heterocycles. The van der Waals surface area contributed by atoms with E-state index in [1.54, 1.807) is 11.6 Å². The Hall–Kier alpha value is -2.06. The molecule has 102 valence electrons. The van der Waals surface area contributed by atoms with Crippen LogP contribution in [0.15, 0.2) is 12.5 Å². The minimum Gasteiger partial charge on any atom is -0.382 e. The lowest BCUT2D eigenvalue weighted by atomic mass is 10.2. The predicted octanol–water partition coefficient (Wildman–Crippen LogP) is -0.00550. The van der Waals surface area contributed by atoms with Gasteiger partial charge in [0.05, 0.1) is 24.5 Å². The van der Waals surface area contributed by atoms with E-state index in [9.17, 15) is 4.79 Å². The third-order valence-electron chi connectivity index (χ3n) is 2.54. The van der Waals surface area contributed by atoms with Gasteiger partial charge in [-0.1, -0.05) is 6.92 Å². The third kappa shape index (κ3) is 2.85. The lowest BCUT2D eigenvalue weighted by Crippen LogP contribution is -2.27. The number of hydrogen-bond acceptors (Lipinski definition) is 6. The molecule has 0 aliphatic carbocycles. The second kappa shape index (κ2) is 6.21. The summed E-state index contributed by atoms with van der Waals surface area (Å²) >= 11 is 0. The molecule has 2 heterocycles. The minimum atomic E-state index is -0.363. The van der Waals surface area contributed by atoms with Gasteiger partial charge in [-0.2, -0.15) is 10.1 Å². The summed E-state index contributed by atoms with van der Waals surface area (Å²) in [7, 11) is 1.56. The quantitative estimate of drug-likeness (QED) is 0.583. The van der Waals surface area contributed by atoms with Crippen LogP contribution < -0.4 is 5.48 Å². The molecular weight excluding hydrogens is 250 g/mol. The Morgan fingerprint density at radius 1 is 1.42 bits per heavy atom. The molecule has 1 N–H and O–H groups in total. The fourth-order valence-electron chi connectivity index (χ4n) is 1.65. The van der Waals surface area contributed by atoms with Crippen molar-refractivity contribution < 1.29 is 14.4 Å². The van der Waals surface area contributed by atoms with E-state index in [1.165, 1.54) is 12.5 Å². The zero-order valence-electron chi connectivity index (χ0n) is 10.8. The molecule has 0 saturated carbocycles. The molecule has 0 fully saturated rings. The second-order valence-electron chi connectivity index (χ2n) is 3.72. The van der Waals surface area contributed by atoms with E-state index in [-0.39, 0.29) is 12.5 Å². The Morgan fingerprint density at radius 3 is 3.00 bits per heavy atom. The highest BCUT2D eigenvalue weighted by molar-refractivity contribution is 5.94. The van der Waals surface area contributed by atoms with Crippen LogP contribution in [0.2, 0.25) is 0 Å². The number of fused-ring (bicyclic) bond motifs is 1. The van der Waals surface area contributed by atoms with Crippen LogP contribution in [0.25, 0.3) is 5.78 Å². The molecule has 0 aromatic carbocycles. The summed E-state index contributed by atoms with van der Waals surface area (Å²) in [5.41, 5.74) is 3.49. The van der Waals surface area contributed by atoms with Crippen molar-refractivity contribution in [3.05, 3.63) is 23.8 Å². The fraction of sp³-hybridized carbons (Fsp3) is 0.455. The van der Waals surface area contributed by atoms with Gasteiger partial charge >= 0.3 is 0 Å². The van der Waals surface area contributed by atoms with Gasteiger partial charge in [-0.15, -0.1) is 0 Å². The molecule has 8 heteroatoms. The van der Waals surface area contributed by atoms with E-state index in [0.29, 0.717) is 24.4 Å². The van der Waals surface area contributed by atoms with E-state index in [1.807, 2.05) is 6.92 Å². The molecule has 0 spiro atoms. The lowest BCUT2D eigenvalue weighted by Gasteiger charge is -2.09. The van der Waals surface area contributed by atoms with E-state index in [2.05, 4.69) is 20.5 Å². The predicted molar refractivity (Wildman–Crippen MR) is 65.5 cm³/mol. The molecule has 1 amide bonds. The molecule has 8 nitrogen and oxygen atoms in total. The third-order valence-corrected chi connectivity index (χ3v) is 2.54. The number of carbonyl (C=O) groups is 1. The van der Waals surface area contributed by atoms with Gasteiger partial charge in [0, 0.05) is 13.3 Å². The number of rotatable bonds is 6. The monoisotopic (exact) mass is 265 g/mol. The number of ether oxygens (including phenoxy) is 1. The molecule has 0 aliphatic rings. The number of methoxy groups -OCH3 is 1. The zero-order chi connectivity index (χ0) is 13.7. The number of aromatic nitrogens is 4. The molecular formula is C11H15N5O3. The molecule has 0 radical (unpaired) electrons. The van der Waals surface area contributed by atoms with Crippen LogP contribution in [0.5, 0.6) is 0 Å². The van der Waals surface area contributed by atoms with Crippen molar-refractivity contribution in [2.24, 2.45) is 0 Å². The SMILES string of the molecule is CCc1c(C(=O)NOCCOC)cnc2ncnn12. The average Bonchev–Trinajstić information content (AvgIpc) is 2.90. The van der Waals surface area contributed by atoms with Crippen LogP contribution in [-0.2, 0) is 16.0 Å². The first-order valence-corrected chi connectivity index (χ1v) is 5.86. The topological polar surface area (TPSA) is 90.6 Å². The van der Waals surface area contributed by atoms with Crippen molar-refractivity contribution >= 4 is 11.7 Å². The van der Waals surface area contributed by atoms with Crippen molar-refractivity contribution in [1.82, 2.24) is 25.1 Å². The first-order chi connectivity index (χ1) is 9.27. The zero-order valence-corrected chi connectivity index (χ0v) is 10.8. The smallest absolute Gasteiger partial charge is 0.278 e. The van der Waals surface area contributed by atoms with Crippen molar-refractivity contribution in [1.29, 1.82) is 0 Å². The Bertz CT molecular complexity index is 568. The number of nitrogens with one attached hydrogen (secondary N) is 1. The van der Waals surface area contributed by atoms with Gasteiger partial charge in [-0.3, -0.25) is 9.63 Å². The number of hydrogen-bond donors (Lipinski definition) is 1. The lowest BCUT2D eigenvalue weighted by molar-refractivity contribution is 0.00877. The molecule has 0 saturated heterocycles. The van der Waals surface area contributed by atoms with Crippen molar-refractivity contribution in [2.45, 2.75) is 13.3 Å². The highest BCUT2D eigenvalue weighted by Crippen LogP contribution is 2.09. The average molecular weight is 265 g/mol. The Kier molecular flexibility index (Phi) is 4.37. The van der Waals surface area contributed by atoms with Gasteiger partial charge in [0.25, 0.3) is 11.7 Å². The maximum Gasteiger partial charge on any atom is 0.278 e. The summed E-state index contributed by atoms with van der Waals surface area (Å²) < 4.78 is 6.36.